The van der Waals surface area contributed by atoms with Crippen LogP contribution in [-0.4, -0.2) is 22.0 Å². The molecule has 7 heteroatoms. The molecule has 0 radical (unpaired) electrons. The highest BCUT2D eigenvalue weighted by Crippen LogP contribution is 2.11. The largest absolute Gasteiger partial charge is 0.474 e. The standard InChI is InChI=1S/C10H8N2O5/c13-8(9(14)15)11-4-5-1-2-6-7(3-5)17-10(16)12-6/h1-3H,4H2,(H,11,13)(H,12,16)(H,14,15). The third kappa shape index (κ3) is 2.33. The number of fused-ring (bicyclic) bond motifs is 1. The molecule has 17 heavy (non-hydrogen) atoms. The first-order chi connectivity index (χ1) is 8.06. The van der Waals surface area contributed by atoms with Crippen molar-refractivity contribution in [3.8, 4) is 0 Å². The lowest BCUT2D eigenvalue weighted by Gasteiger charge is -2.01. The van der Waals surface area contributed by atoms with Gasteiger partial charge in [-0.2, -0.15) is 0 Å². The molecule has 2 rings (SSSR count). The van der Waals surface area contributed by atoms with Crippen molar-refractivity contribution in [2.75, 3.05) is 0 Å². The number of hydrogen-bond donors (Lipinski definition) is 3. The van der Waals surface area contributed by atoms with Gasteiger partial charge in [-0.3, -0.25) is 9.78 Å². The second kappa shape index (κ2) is 4.12. The number of oxazole rings is 1. The van der Waals surface area contributed by atoms with Gasteiger partial charge >= 0.3 is 17.6 Å². The van der Waals surface area contributed by atoms with Crippen LogP contribution >= 0.6 is 0 Å². The van der Waals surface area contributed by atoms with E-state index in [0.717, 1.165) is 0 Å². The Kier molecular flexibility index (Phi) is 2.65. The number of H-pyrrole nitrogens is 1. The number of carbonyl (C=O) groups excluding carboxylic acids is 1. The first-order valence-electron chi connectivity index (χ1n) is 4.69. The Bertz CT molecular complexity index is 639. The van der Waals surface area contributed by atoms with Gasteiger partial charge in [0.15, 0.2) is 5.58 Å². The van der Waals surface area contributed by atoms with Gasteiger partial charge in [-0.25, -0.2) is 9.59 Å². The van der Waals surface area contributed by atoms with Crippen LogP contribution in [0.2, 0.25) is 0 Å². The predicted molar refractivity (Wildman–Crippen MR) is 56.3 cm³/mol. The maximum atomic E-state index is 10.9. The van der Waals surface area contributed by atoms with Gasteiger partial charge in [0.2, 0.25) is 0 Å². The highest BCUT2D eigenvalue weighted by Gasteiger charge is 2.10. The Balaban J connectivity index is 2.16. The maximum absolute atomic E-state index is 10.9. The maximum Gasteiger partial charge on any atom is 0.417 e. The zero-order valence-corrected chi connectivity index (χ0v) is 8.52. The number of aliphatic carboxylic acids is 1. The van der Waals surface area contributed by atoms with Gasteiger partial charge in [0, 0.05) is 6.54 Å². The Morgan fingerprint density at radius 1 is 1.41 bits per heavy atom. The van der Waals surface area contributed by atoms with Gasteiger partial charge in [-0.15, -0.1) is 0 Å². The Hall–Kier alpha value is -2.57. The lowest BCUT2D eigenvalue weighted by Crippen LogP contribution is -2.29. The van der Waals surface area contributed by atoms with E-state index in [-0.39, 0.29) is 6.54 Å². The molecule has 1 heterocycles. The molecule has 7 nitrogen and oxygen atoms in total. The molecule has 0 aliphatic rings. The van der Waals surface area contributed by atoms with Crippen molar-refractivity contribution >= 4 is 23.0 Å². The van der Waals surface area contributed by atoms with Crippen LogP contribution in [0.1, 0.15) is 5.56 Å². The smallest absolute Gasteiger partial charge is 0.417 e. The minimum atomic E-state index is -1.54. The number of carboxylic acids is 1. The van der Waals surface area contributed by atoms with E-state index in [0.29, 0.717) is 16.7 Å². The molecule has 2 aromatic rings. The number of carbonyl (C=O) groups is 2. The normalized spacial score (nSPS) is 10.4. The summed E-state index contributed by atoms with van der Waals surface area (Å²) in [4.78, 5) is 34.4. The quantitative estimate of drug-likeness (QED) is 0.626. The molecule has 1 aromatic heterocycles. The van der Waals surface area contributed by atoms with Crippen molar-refractivity contribution in [2.24, 2.45) is 0 Å². The number of aromatic nitrogens is 1. The van der Waals surface area contributed by atoms with Crippen LogP contribution in [0.3, 0.4) is 0 Å². The highest BCUT2D eigenvalue weighted by atomic mass is 16.4. The van der Waals surface area contributed by atoms with Crippen LogP contribution < -0.4 is 11.1 Å². The number of amides is 1. The fourth-order valence-electron chi connectivity index (χ4n) is 1.36. The molecular weight excluding hydrogens is 228 g/mol. The van der Waals surface area contributed by atoms with Crippen molar-refractivity contribution in [3.05, 3.63) is 34.3 Å². The van der Waals surface area contributed by atoms with Crippen LogP contribution in [0.5, 0.6) is 0 Å². The number of aromatic amines is 1. The summed E-state index contributed by atoms with van der Waals surface area (Å²) in [7, 11) is 0. The van der Waals surface area contributed by atoms with Crippen molar-refractivity contribution in [1.29, 1.82) is 0 Å². The zero-order valence-electron chi connectivity index (χ0n) is 8.52. The van der Waals surface area contributed by atoms with Crippen molar-refractivity contribution in [1.82, 2.24) is 10.3 Å². The lowest BCUT2D eigenvalue weighted by atomic mass is 10.2. The molecule has 0 saturated heterocycles. The summed E-state index contributed by atoms with van der Waals surface area (Å²) in [6.45, 7) is 0.0516. The van der Waals surface area contributed by atoms with E-state index in [1.807, 2.05) is 0 Å². The molecule has 0 bridgehead atoms. The molecule has 3 N–H and O–H groups in total. The summed E-state index contributed by atoms with van der Waals surface area (Å²) in [5.41, 5.74) is 1.54. The van der Waals surface area contributed by atoms with E-state index in [4.69, 9.17) is 9.52 Å². The van der Waals surface area contributed by atoms with E-state index >= 15 is 0 Å². The monoisotopic (exact) mass is 236 g/mol. The van der Waals surface area contributed by atoms with Crippen LogP contribution in [0, 0.1) is 0 Å². The SMILES string of the molecule is O=C(O)C(=O)NCc1ccc2[nH]c(=O)oc2c1. The van der Waals surface area contributed by atoms with E-state index in [9.17, 15) is 14.4 Å². The Morgan fingerprint density at radius 3 is 2.88 bits per heavy atom. The minimum absolute atomic E-state index is 0.0516. The number of rotatable bonds is 2. The minimum Gasteiger partial charge on any atom is -0.474 e. The Morgan fingerprint density at radius 2 is 2.18 bits per heavy atom. The predicted octanol–water partition coefficient (Wildman–Crippen LogP) is -0.178. The van der Waals surface area contributed by atoms with Crippen molar-refractivity contribution in [2.45, 2.75) is 6.54 Å². The Labute approximate surface area is 94.1 Å². The topological polar surface area (TPSA) is 112 Å². The fraction of sp³-hybridized carbons (Fsp3) is 0.100. The van der Waals surface area contributed by atoms with Crippen LogP contribution in [0.25, 0.3) is 11.1 Å². The van der Waals surface area contributed by atoms with Gasteiger partial charge < -0.3 is 14.8 Å². The second-order valence-corrected chi connectivity index (χ2v) is 3.33. The van der Waals surface area contributed by atoms with Gasteiger partial charge in [-0.05, 0) is 17.7 Å². The summed E-state index contributed by atoms with van der Waals surface area (Å²) in [5, 5.41) is 10.6. The summed E-state index contributed by atoms with van der Waals surface area (Å²) in [6, 6.07) is 4.81. The third-order valence-corrected chi connectivity index (χ3v) is 2.13. The molecule has 88 valence electrons. The average molecular weight is 236 g/mol. The van der Waals surface area contributed by atoms with E-state index < -0.39 is 17.6 Å². The molecule has 0 spiro atoms. The third-order valence-electron chi connectivity index (χ3n) is 2.13. The molecule has 0 atom stereocenters. The van der Waals surface area contributed by atoms with Crippen LogP contribution in [0.4, 0.5) is 0 Å². The van der Waals surface area contributed by atoms with Crippen molar-refractivity contribution in [3.63, 3.8) is 0 Å². The summed E-state index contributed by atoms with van der Waals surface area (Å²) in [6.07, 6.45) is 0. The number of benzene rings is 1. The van der Waals surface area contributed by atoms with Crippen LogP contribution in [0.15, 0.2) is 27.4 Å². The number of carboxylic acid groups (broad SMARTS) is 1. The molecule has 1 amide bonds. The molecular formula is C10H8N2O5. The first kappa shape index (κ1) is 10.9. The van der Waals surface area contributed by atoms with E-state index in [2.05, 4.69) is 10.3 Å². The summed E-state index contributed by atoms with van der Waals surface area (Å²) in [5.74, 6) is -3.19. The molecule has 0 saturated carbocycles. The number of hydrogen-bond acceptors (Lipinski definition) is 4. The van der Waals surface area contributed by atoms with E-state index in [1.54, 1.807) is 18.2 Å². The fourth-order valence-corrected chi connectivity index (χ4v) is 1.36. The molecule has 0 aliphatic carbocycles. The summed E-state index contributed by atoms with van der Waals surface area (Å²) < 4.78 is 4.82. The first-order valence-corrected chi connectivity index (χ1v) is 4.69. The van der Waals surface area contributed by atoms with Gasteiger partial charge in [0.1, 0.15) is 0 Å². The molecule has 0 aliphatic heterocycles. The zero-order chi connectivity index (χ0) is 12.4. The van der Waals surface area contributed by atoms with Gasteiger partial charge in [0.25, 0.3) is 0 Å². The average Bonchev–Trinajstić information content (AvgIpc) is 2.64. The van der Waals surface area contributed by atoms with Crippen LogP contribution in [-0.2, 0) is 16.1 Å². The molecule has 0 fully saturated rings. The molecule has 0 unspecified atom stereocenters. The van der Waals surface area contributed by atoms with Gasteiger partial charge in [-0.1, -0.05) is 6.07 Å². The highest BCUT2D eigenvalue weighted by molar-refractivity contribution is 6.31. The lowest BCUT2D eigenvalue weighted by molar-refractivity contribution is -0.150. The summed E-state index contributed by atoms with van der Waals surface area (Å²) >= 11 is 0. The number of nitrogens with one attached hydrogen (secondary N) is 2. The van der Waals surface area contributed by atoms with Crippen molar-refractivity contribution < 1.29 is 19.1 Å². The van der Waals surface area contributed by atoms with Gasteiger partial charge in [0.05, 0.1) is 5.52 Å². The second-order valence-electron chi connectivity index (χ2n) is 3.33. The molecule has 1 aromatic carbocycles. The van der Waals surface area contributed by atoms with E-state index in [1.165, 1.54) is 0 Å².